The molecule has 0 fully saturated rings. The summed E-state index contributed by atoms with van der Waals surface area (Å²) in [6.45, 7) is 3.83. The number of halogens is 1. The first-order valence-electron chi connectivity index (χ1n) is 10.2. The smallest absolute Gasteiger partial charge is 0.295 e. The number of hydrogen-bond acceptors (Lipinski definition) is 4. The summed E-state index contributed by atoms with van der Waals surface area (Å²) in [5, 5.41) is 10.8. The van der Waals surface area contributed by atoms with Crippen molar-refractivity contribution in [2.45, 2.75) is 31.2 Å². The van der Waals surface area contributed by atoms with Gasteiger partial charge in [-0.3, -0.25) is 9.69 Å². The second kappa shape index (κ2) is 8.24. The molecule has 3 aromatic rings. The van der Waals surface area contributed by atoms with Gasteiger partial charge in [-0.15, -0.1) is 0 Å². The van der Waals surface area contributed by atoms with E-state index in [1.165, 1.54) is 41.3 Å². The molecule has 7 heteroatoms. The highest BCUT2D eigenvalue weighted by Crippen LogP contribution is 2.44. The Morgan fingerprint density at radius 2 is 1.53 bits per heavy atom. The lowest BCUT2D eigenvalue weighted by Gasteiger charge is -2.27. The summed E-state index contributed by atoms with van der Waals surface area (Å²) < 4.78 is 40.7. The fourth-order valence-corrected chi connectivity index (χ4v) is 5.43. The average Bonchev–Trinajstić information content (AvgIpc) is 3.06. The molecule has 1 aliphatic rings. The summed E-state index contributed by atoms with van der Waals surface area (Å²) in [6.07, 6.45) is 0.798. The van der Waals surface area contributed by atoms with Crippen LogP contribution in [0.5, 0.6) is 0 Å². The topological polar surface area (TPSA) is 74.7 Å². The molecule has 32 heavy (non-hydrogen) atoms. The van der Waals surface area contributed by atoms with Crippen LogP contribution in [0.15, 0.2) is 88.4 Å². The fraction of sp³-hybridized carbons (Fsp3) is 0.160. The average molecular weight is 452 g/mol. The van der Waals surface area contributed by atoms with Gasteiger partial charge < -0.3 is 5.11 Å². The third kappa shape index (κ3) is 3.69. The number of aliphatic hydroxyl groups is 1. The Labute approximate surface area is 186 Å². The molecule has 4 rings (SSSR count). The molecule has 0 saturated carbocycles. The Morgan fingerprint density at radius 3 is 2.09 bits per heavy atom. The Balaban J connectivity index is 1.91. The molecule has 0 radical (unpaired) electrons. The van der Waals surface area contributed by atoms with E-state index < -0.39 is 38.3 Å². The molecule has 0 spiro atoms. The van der Waals surface area contributed by atoms with E-state index in [-0.39, 0.29) is 4.90 Å². The number of carbonyl (C=O) groups is 1. The molecule has 1 atom stereocenters. The van der Waals surface area contributed by atoms with Gasteiger partial charge in [0.25, 0.3) is 5.91 Å². The van der Waals surface area contributed by atoms with Crippen LogP contribution in [0.2, 0.25) is 0 Å². The highest BCUT2D eigenvalue weighted by molar-refractivity contribution is 7.95. The summed E-state index contributed by atoms with van der Waals surface area (Å²) >= 11 is 0. The zero-order valence-electron chi connectivity index (χ0n) is 17.6. The van der Waals surface area contributed by atoms with Gasteiger partial charge in [0.1, 0.15) is 16.8 Å². The number of rotatable bonds is 5. The van der Waals surface area contributed by atoms with Crippen LogP contribution in [0.4, 0.5) is 10.1 Å². The zero-order valence-corrected chi connectivity index (χ0v) is 18.4. The highest BCUT2D eigenvalue weighted by atomic mass is 32.2. The number of aryl methyl sites for hydroxylation is 2. The quantitative estimate of drug-likeness (QED) is 0.591. The van der Waals surface area contributed by atoms with E-state index >= 15 is 0 Å². The van der Waals surface area contributed by atoms with Crippen LogP contribution in [0.3, 0.4) is 0 Å². The summed E-state index contributed by atoms with van der Waals surface area (Å²) in [5.74, 6) is -2.15. The van der Waals surface area contributed by atoms with E-state index in [1.54, 1.807) is 24.3 Å². The molecule has 1 amide bonds. The van der Waals surface area contributed by atoms with Gasteiger partial charge in [0.15, 0.2) is 5.76 Å². The Hall–Kier alpha value is -3.45. The van der Waals surface area contributed by atoms with Gasteiger partial charge >= 0.3 is 0 Å². The van der Waals surface area contributed by atoms with Crippen molar-refractivity contribution in [3.8, 4) is 0 Å². The number of aliphatic hydroxyl groups excluding tert-OH is 1. The molecular formula is C25H22FNO4S. The first kappa shape index (κ1) is 21.8. The monoisotopic (exact) mass is 451 g/mol. The van der Waals surface area contributed by atoms with E-state index in [0.717, 1.165) is 17.5 Å². The summed E-state index contributed by atoms with van der Waals surface area (Å²) in [5.41, 5.74) is 2.72. The molecule has 1 aliphatic heterocycles. The lowest BCUT2D eigenvalue weighted by molar-refractivity contribution is -0.117. The van der Waals surface area contributed by atoms with E-state index in [1.807, 2.05) is 26.0 Å². The zero-order chi connectivity index (χ0) is 23.0. The van der Waals surface area contributed by atoms with Crippen LogP contribution in [-0.2, 0) is 21.1 Å². The van der Waals surface area contributed by atoms with Crippen molar-refractivity contribution < 1.29 is 22.7 Å². The molecule has 1 unspecified atom stereocenters. The van der Waals surface area contributed by atoms with E-state index in [0.29, 0.717) is 11.3 Å². The number of carbonyl (C=O) groups excluding carboxylic acids is 1. The molecule has 3 aromatic carbocycles. The largest absolute Gasteiger partial charge is 0.502 e. The van der Waals surface area contributed by atoms with Crippen LogP contribution in [0.25, 0.3) is 0 Å². The molecule has 0 aromatic heterocycles. The van der Waals surface area contributed by atoms with Crippen LogP contribution < -0.4 is 4.90 Å². The summed E-state index contributed by atoms with van der Waals surface area (Å²) in [7, 11) is -4.23. The normalized spacial score (nSPS) is 16.7. The van der Waals surface area contributed by atoms with Crippen molar-refractivity contribution >= 4 is 21.4 Å². The second-order valence-corrected chi connectivity index (χ2v) is 9.60. The predicted octanol–water partition coefficient (Wildman–Crippen LogP) is 5.03. The van der Waals surface area contributed by atoms with E-state index in [9.17, 15) is 22.7 Å². The van der Waals surface area contributed by atoms with Gasteiger partial charge in [-0.05, 0) is 60.9 Å². The highest BCUT2D eigenvalue weighted by Gasteiger charge is 2.47. The van der Waals surface area contributed by atoms with Crippen molar-refractivity contribution in [1.29, 1.82) is 0 Å². The van der Waals surface area contributed by atoms with Crippen molar-refractivity contribution in [3.63, 3.8) is 0 Å². The van der Waals surface area contributed by atoms with Crippen LogP contribution >= 0.6 is 0 Å². The number of amides is 1. The number of anilines is 1. The molecule has 1 N–H and O–H groups in total. The van der Waals surface area contributed by atoms with Gasteiger partial charge in [0.2, 0.25) is 9.84 Å². The Bertz CT molecular complexity index is 1300. The standard InChI is InChI=1S/C25H22FNO4S/c1-3-17-6-12-20(13-7-17)27-22(18-8-10-19(26)11-9-18)24(23(28)25(27)29)32(30,31)21-14-4-16(2)5-15-21/h4-15,22,28H,3H2,1-2H3. The van der Waals surface area contributed by atoms with Crippen molar-refractivity contribution in [1.82, 2.24) is 0 Å². The van der Waals surface area contributed by atoms with Gasteiger partial charge in [-0.1, -0.05) is 48.9 Å². The fourth-order valence-electron chi connectivity index (χ4n) is 3.81. The minimum atomic E-state index is -4.23. The minimum absolute atomic E-state index is 0.0345. The predicted molar refractivity (Wildman–Crippen MR) is 120 cm³/mol. The SMILES string of the molecule is CCc1ccc(N2C(=O)C(O)=C(S(=O)(=O)c3ccc(C)cc3)C2c2ccc(F)cc2)cc1. The molecule has 164 valence electrons. The van der Waals surface area contributed by atoms with Gasteiger partial charge in [0, 0.05) is 5.69 Å². The molecule has 0 saturated heterocycles. The van der Waals surface area contributed by atoms with Gasteiger partial charge in [-0.25, -0.2) is 12.8 Å². The maximum Gasteiger partial charge on any atom is 0.295 e. The third-order valence-corrected chi connectivity index (χ3v) is 7.48. The third-order valence-electron chi connectivity index (χ3n) is 5.59. The first-order valence-corrected chi connectivity index (χ1v) is 11.6. The number of sulfone groups is 1. The summed E-state index contributed by atoms with van der Waals surface area (Å²) in [6, 6.07) is 17.4. The van der Waals surface area contributed by atoms with Gasteiger partial charge in [0.05, 0.1) is 4.90 Å². The van der Waals surface area contributed by atoms with Crippen LogP contribution in [0.1, 0.15) is 29.7 Å². The molecule has 1 heterocycles. The van der Waals surface area contributed by atoms with Crippen molar-refractivity contribution in [2.75, 3.05) is 4.90 Å². The lowest BCUT2D eigenvalue weighted by Crippen LogP contribution is -2.31. The first-order chi connectivity index (χ1) is 15.2. The molecular weight excluding hydrogens is 429 g/mol. The molecule has 0 aliphatic carbocycles. The van der Waals surface area contributed by atoms with E-state index in [2.05, 4.69) is 0 Å². The Morgan fingerprint density at radius 1 is 0.938 bits per heavy atom. The maximum absolute atomic E-state index is 13.6. The van der Waals surface area contributed by atoms with Crippen molar-refractivity contribution in [2.24, 2.45) is 0 Å². The summed E-state index contributed by atoms with van der Waals surface area (Å²) in [4.78, 5) is 13.9. The van der Waals surface area contributed by atoms with Crippen molar-refractivity contribution in [3.05, 3.63) is 106 Å². The number of hydrogen-bond donors (Lipinski definition) is 1. The van der Waals surface area contributed by atoms with Crippen LogP contribution in [-0.4, -0.2) is 19.4 Å². The number of benzene rings is 3. The lowest BCUT2D eigenvalue weighted by atomic mass is 10.1. The second-order valence-electron chi connectivity index (χ2n) is 7.68. The molecule has 0 bridgehead atoms. The maximum atomic E-state index is 13.6. The number of nitrogens with zero attached hydrogens (tertiary/aromatic N) is 1. The minimum Gasteiger partial charge on any atom is -0.502 e. The Kier molecular flexibility index (Phi) is 5.60. The van der Waals surface area contributed by atoms with Gasteiger partial charge in [-0.2, -0.15) is 0 Å². The van der Waals surface area contributed by atoms with Crippen LogP contribution in [0, 0.1) is 12.7 Å². The molecule has 5 nitrogen and oxygen atoms in total. The van der Waals surface area contributed by atoms with E-state index in [4.69, 9.17) is 0 Å².